The van der Waals surface area contributed by atoms with Gasteiger partial charge in [-0.05, 0) is 23.3 Å². The Hall–Kier alpha value is -2.83. The Labute approximate surface area is 126 Å². The average molecular weight is 301 g/mol. The van der Waals surface area contributed by atoms with E-state index in [2.05, 4.69) is 15.3 Å². The highest BCUT2D eigenvalue weighted by molar-refractivity contribution is 5.78. The summed E-state index contributed by atoms with van der Waals surface area (Å²) < 4.78 is 11.1. The van der Waals surface area contributed by atoms with Crippen LogP contribution in [0.25, 0.3) is 11.1 Å². The smallest absolute Gasteiger partial charge is 0.307 e. The standard InChI is InChI=1S/C15H15N3O4/c1-16-15-17-7-10(8-18-15)11-6-13-12(21-2-3-22-13)4-9(11)5-14(19)20/h4,6-8H,2-3,5H2,1H3,(H,19,20)(H,16,17,18). The fourth-order valence-corrected chi connectivity index (χ4v) is 2.31. The summed E-state index contributed by atoms with van der Waals surface area (Å²) >= 11 is 0. The summed E-state index contributed by atoms with van der Waals surface area (Å²) in [6, 6.07) is 3.49. The molecule has 2 N–H and O–H groups in total. The maximum absolute atomic E-state index is 11.1. The maximum atomic E-state index is 11.1. The second-order valence-electron chi connectivity index (χ2n) is 4.77. The summed E-state index contributed by atoms with van der Waals surface area (Å²) in [4.78, 5) is 19.4. The van der Waals surface area contributed by atoms with Gasteiger partial charge < -0.3 is 19.9 Å². The molecule has 22 heavy (non-hydrogen) atoms. The molecule has 0 fully saturated rings. The van der Waals surface area contributed by atoms with Crippen molar-refractivity contribution in [1.82, 2.24) is 9.97 Å². The van der Waals surface area contributed by atoms with Gasteiger partial charge in [-0.3, -0.25) is 4.79 Å². The second kappa shape index (κ2) is 5.88. The highest BCUT2D eigenvalue weighted by Gasteiger charge is 2.18. The van der Waals surface area contributed by atoms with Crippen LogP contribution in [-0.4, -0.2) is 41.3 Å². The van der Waals surface area contributed by atoms with E-state index in [1.165, 1.54) is 0 Å². The monoisotopic (exact) mass is 301 g/mol. The van der Waals surface area contributed by atoms with Gasteiger partial charge in [0.15, 0.2) is 11.5 Å². The fourth-order valence-electron chi connectivity index (χ4n) is 2.31. The number of hydrogen-bond donors (Lipinski definition) is 2. The summed E-state index contributed by atoms with van der Waals surface area (Å²) in [7, 11) is 1.73. The predicted molar refractivity (Wildman–Crippen MR) is 79.3 cm³/mol. The number of ether oxygens (including phenoxy) is 2. The number of carboxylic acid groups (broad SMARTS) is 1. The number of carboxylic acids is 1. The first-order chi connectivity index (χ1) is 10.7. The Morgan fingerprint density at radius 3 is 2.45 bits per heavy atom. The molecular weight excluding hydrogens is 286 g/mol. The topological polar surface area (TPSA) is 93.6 Å². The van der Waals surface area contributed by atoms with Gasteiger partial charge in [-0.2, -0.15) is 0 Å². The van der Waals surface area contributed by atoms with Gasteiger partial charge in [-0.15, -0.1) is 0 Å². The van der Waals surface area contributed by atoms with Crippen LogP contribution in [0.2, 0.25) is 0 Å². The van der Waals surface area contributed by atoms with Crippen molar-refractivity contribution in [3.05, 3.63) is 30.1 Å². The molecule has 0 unspecified atom stereocenters. The number of carbonyl (C=O) groups is 1. The minimum absolute atomic E-state index is 0.111. The van der Waals surface area contributed by atoms with Gasteiger partial charge in [-0.1, -0.05) is 0 Å². The summed E-state index contributed by atoms with van der Waals surface area (Å²) in [5, 5.41) is 12.0. The molecule has 2 aromatic rings. The van der Waals surface area contributed by atoms with E-state index in [-0.39, 0.29) is 6.42 Å². The molecule has 0 bridgehead atoms. The van der Waals surface area contributed by atoms with E-state index in [9.17, 15) is 4.79 Å². The summed E-state index contributed by atoms with van der Waals surface area (Å²) in [6.45, 7) is 0.929. The summed E-state index contributed by atoms with van der Waals surface area (Å²) in [6.07, 6.45) is 3.19. The third-order valence-corrected chi connectivity index (χ3v) is 3.30. The molecule has 0 amide bonds. The van der Waals surface area contributed by atoms with Crippen LogP contribution in [0, 0.1) is 0 Å². The number of rotatable bonds is 4. The van der Waals surface area contributed by atoms with Crippen LogP contribution < -0.4 is 14.8 Å². The number of nitrogens with zero attached hydrogens (tertiary/aromatic N) is 2. The zero-order valence-electron chi connectivity index (χ0n) is 12.0. The van der Waals surface area contributed by atoms with Crippen molar-refractivity contribution in [2.75, 3.05) is 25.6 Å². The molecule has 0 aliphatic carbocycles. The van der Waals surface area contributed by atoms with E-state index >= 15 is 0 Å². The Kier molecular flexibility index (Phi) is 3.78. The zero-order valence-corrected chi connectivity index (χ0v) is 12.0. The number of fused-ring (bicyclic) bond motifs is 1. The van der Waals surface area contributed by atoms with Gasteiger partial charge in [-0.25, -0.2) is 9.97 Å². The van der Waals surface area contributed by atoms with E-state index in [1.54, 1.807) is 31.6 Å². The van der Waals surface area contributed by atoms with Crippen LogP contribution in [0.15, 0.2) is 24.5 Å². The van der Waals surface area contributed by atoms with Gasteiger partial charge in [0.25, 0.3) is 0 Å². The van der Waals surface area contributed by atoms with Crippen LogP contribution in [-0.2, 0) is 11.2 Å². The van der Waals surface area contributed by atoms with Gasteiger partial charge in [0.2, 0.25) is 5.95 Å². The van der Waals surface area contributed by atoms with Gasteiger partial charge >= 0.3 is 5.97 Å². The Morgan fingerprint density at radius 2 is 1.86 bits per heavy atom. The lowest BCUT2D eigenvalue weighted by Gasteiger charge is -2.21. The second-order valence-corrected chi connectivity index (χ2v) is 4.77. The summed E-state index contributed by atoms with van der Waals surface area (Å²) in [5.41, 5.74) is 2.10. The van der Waals surface area contributed by atoms with Crippen molar-refractivity contribution in [2.24, 2.45) is 0 Å². The van der Waals surface area contributed by atoms with Crippen molar-refractivity contribution < 1.29 is 19.4 Å². The van der Waals surface area contributed by atoms with E-state index in [1.807, 2.05) is 0 Å². The lowest BCUT2D eigenvalue weighted by molar-refractivity contribution is -0.136. The van der Waals surface area contributed by atoms with Crippen LogP contribution in [0.5, 0.6) is 11.5 Å². The van der Waals surface area contributed by atoms with E-state index in [0.717, 1.165) is 11.1 Å². The first-order valence-corrected chi connectivity index (χ1v) is 6.82. The molecule has 0 atom stereocenters. The maximum Gasteiger partial charge on any atom is 0.307 e. The van der Waals surface area contributed by atoms with E-state index < -0.39 is 5.97 Å². The lowest BCUT2D eigenvalue weighted by Crippen LogP contribution is -2.16. The minimum Gasteiger partial charge on any atom is -0.486 e. The molecule has 1 aliphatic rings. The Bertz CT molecular complexity index is 701. The molecule has 1 aliphatic heterocycles. The number of nitrogens with one attached hydrogen (secondary N) is 1. The molecule has 7 nitrogen and oxygen atoms in total. The highest BCUT2D eigenvalue weighted by atomic mass is 16.6. The van der Waals surface area contributed by atoms with Crippen molar-refractivity contribution >= 4 is 11.9 Å². The lowest BCUT2D eigenvalue weighted by atomic mass is 9.98. The minimum atomic E-state index is -0.911. The van der Waals surface area contributed by atoms with Crippen LogP contribution in [0.3, 0.4) is 0 Å². The number of aliphatic carboxylic acids is 1. The summed E-state index contributed by atoms with van der Waals surface area (Å²) in [5.74, 6) is 0.763. The Morgan fingerprint density at radius 1 is 1.23 bits per heavy atom. The molecule has 2 heterocycles. The molecule has 1 aromatic heterocycles. The van der Waals surface area contributed by atoms with E-state index in [4.69, 9.17) is 14.6 Å². The SMILES string of the molecule is CNc1ncc(-c2cc3c(cc2CC(=O)O)OCCO3)cn1. The van der Waals surface area contributed by atoms with Crippen molar-refractivity contribution in [3.63, 3.8) is 0 Å². The van der Waals surface area contributed by atoms with Crippen molar-refractivity contribution in [3.8, 4) is 22.6 Å². The van der Waals surface area contributed by atoms with Crippen LogP contribution in [0.1, 0.15) is 5.56 Å². The molecule has 0 spiro atoms. The first kappa shape index (κ1) is 14.1. The van der Waals surface area contributed by atoms with Crippen molar-refractivity contribution in [2.45, 2.75) is 6.42 Å². The predicted octanol–water partition coefficient (Wildman–Crippen LogP) is 1.58. The third-order valence-electron chi connectivity index (χ3n) is 3.30. The van der Waals surface area contributed by atoms with Gasteiger partial charge in [0.05, 0.1) is 6.42 Å². The number of anilines is 1. The number of hydrogen-bond acceptors (Lipinski definition) is 6. The molecule has 0 saturated heterocycles. The highest BCUT2D eigenvalue weighted by Crippen LogP contribution is 2.37. The third kappa shape index (κ3) is 2.78. The zero-order chi connectivity index (χ0) is 15.5. The van der Waals surface area contributed by atoms with Crippen molar-refractivity contribution in [1.29, 1.82) is 0 Å². The van der Waals surface area contributed by atoms with Crippen LogP contribution >= 0.6 is 0 Å². The number of benzene rings is 1. The first-order valence-electron chi connectivity index (χ1n) is 6.82. The molecule has 0 saturated carbocycles. The molecule has 1 aromatic carbocycles. The number of aromatic nitrogens is 2. The normalized spacial score (nSPS) is 12.8. The van der Waals surface area contributed by atoms with Gasteiger partial charge in [0, 0.05) is 25.0 Å². The largest absolute Gasteiger partial charge is 0.486 e. The molecule has 114 valence electrons. The molecular formula is C15H15N3O4. The van der Waals surface area contributed by atoms with E-state index in [0.29, 0.717) is 36.2 Å². The molecule has 7 heteroatoms. The Balaban J connectivity index is 2.08. The van der Waals surface area contributed by atoms with Crippen LogP contribution in [0.4, 0.5) is 5.95 Å². The molecule has 0 radical (unpaired) electrons. The van der Waals surface area contributed by atoms with Gasteiger partial charge in [0.1, 0.15) is 13.2 Å². The average Bonchev–Trinajstić information content (AvgIpc) is 2.54. The quantitative estimate of drug-likeness (QED) is 0.885. The fraction of sp³-hybridized carbons (Fsp3) is 0.267. The molecule has 3 rings (SSSR count).